The van der Waals surface area contributed by atoms with Gasteiger partial charge in [0.05, 0.1) is 5.52 Å². The van der Waals surface area contributed by atoms with Crippen molar-refractivity contribution in [1.82, 2.24) is 4.57 Å². The highest BCUT2D eigenvalue weighted by atomic mass is 127. The molecule has 0 fully saturated rings. The summed E-state index contributed by atoms with van der Waals surface area (Å²) in [7, 11) is 0. The van der Waals surface area contributed by atoms with E-state index in [0.29, 0.717) is 0 Å². The fourth-order valence-electron chi connectivity index (χ4n) is 4.44. The SMILES string of the molecule is CCn1c2ccc(-c3ccccc3)cc2c2cccc(C3=CCC(C)(I)C=C3)c21. The van der Waals surface area contributed by atoms with E-state index in [4.69, 9.17) is 0 Å². The van der Waals surface area contributed by atoms with E-state index < -0.39 is 0 Å². The molecular formula is C27H24IN. The molecule has 0 N–H and O–H groups in total. The quantitative estimate of drug-likeness (QED) is 0.203. The highest BCUT2D eigenvalue weighted by Crippen LogP contribution is 2.39. The molecule has 0 bridgehead atoms. The van der Waals surface area contributed by atoms with E-state index in [-0.39, 0.29) is 3.42 Å². The number of nitrogens with zero attached hydrogens (tertiary/aromatic N) is 1. The standard InChI is InChI=1S/C27H24IN/c1-3-29-25-13-12-21(19-8-5-4-6-9-19)18-24(25)23-11-7-10-22(26(23)29)20-14-16-27(2,28)17-15-20/h4-16,18H,3,17H2,1-2H3. The molecule has 29 heavy (non-hydrogen) atoms. The van der Waals surface area contributed by atoms with Gasteiger partial charge in [0.2, 0.25) is 0 Å². The minimum Gasteiger partial charge on any atom is -0.340 e. The van der Waals surface area contributed by atoms with Crippen LogP contribution in [0.1, 0.15) is 25.8 Å². The van der Waals surface area contributed by atoms with Crippen molar-refractivity contribution in [2.75, 3.05) is 0 Å². The third-order valence-corrected chi connectivity index (χ3v) is 6.75. The Kier molecular flexibility index (Phi) is 4.62. The Morgan fingerprint density at radius 1 is 0.931 bits per heavy atom. The highest BCUT2D eigenvalue weighted by molar-refractivity contribution is 14.1. The Morgan fingerprint density at radius 3 is 2.48 bits per heavy atom. The molecule has 2 heteroatoms. The molecule has 144 valence electrons. The van der Waals surface area contributed by atoms with Crippen molar-refractivity contribution >= 4 is 50.0 Å². The first-order chi connectivity index (χ1) is 14.1. The lowest BCUT2D eigenvalue weighted by Gasteiger charge is -2.21. The lowest BCUT2D eigenvalue weighted by atomic mass is 9.93. The molecule has 0 saturated carbocycles. The van der Waals surface area contributed by atoms with Gasteiger partial charge in [-0.3, -0.25) is 0 Å². The highest BCUT2D eigenvalue weighted by Gasteiger charge is 2.21. The zero-order chi connectivity index (χ0) is 20.0. The van der Waals surface area contributed by atoms with Gasteiger partial charge < -0.3 is 4.57 Å². The molecule has 1 nitrogen and oxygen atoms in total. The molecule has 3 aromatic carbocycles. The fraction of sp³-hybridized carbons (Fsp3) is 0.185. The number of halogens is 1. The first kappa shape index (κ1) is 18.7. The van der Waals surface area contributed by atoms with Gasteiger partial charge in [0.15, 0.2) is 0 Å². The van der Waals surface area contributed by atoms with Crippen LogP contribution in [0.15, 0.2) is 85.0 Å². The van der Waals surface area contributed by atoms with Crippen LogP contribution in [0.3, 0.4) is 0 Å². The minimum absolute atomic E-state index is 0.219. The van der Waals surface area contributed by atoms with Gasteiger partial charge in [-0.1, -0.05) is 95.4 Å². The van der Waals surface area contributed by atoms with Crippen LogP contribution < -0.4 is 0 Å². The summed E-state index contributed by atoms with van der Waals surface area (Å²) in [6.45, 7) is 5.49. The number of benzene rings is 3. The van der Waals surface area contributed by atoms with E-state index in [1.165, 1.54) is 44.1 Å². The molecule has 1 aromatic heterocycles. The van der Waals surface area contributed by atoms with Gasteiger partial charge >= 0.3 is 0 Å². The number of hydrogen-bond acceptors (Lipinski definition) is 0. The molecule has 0 radical (unpaired) electrons. The van der Waals surface area contributed by atoms with Crippen LogP contribution in [0.25, 0.3) is 38.5 Å². The summed E-state index contributed by atoms with van der Waals surface area (Å²) >= 11 is 2.54. The molecule has 1 aliphatic rings. The number of alkyl halides is 1. The predicted molar refractivity (Wildman–Crippen MR) is 135 cm³/mol. The lowest BCUT2D eigenvalue weighted by molar-refractivity contribution is 0.824. The maximum Gasteiger partial charge on any atom is 0.0570 e. The molecule has 0 spiro atoms. The molecule has 1 heterocycles. The summed E-state index contributed by atoms with van der Waals surface area (Å²) in [6.07, 6.45) is 8.11. The molecule has 1 aliphatic carbocycles. The fourth-order valence-corrected chi connectivity index (χ4v) is 4.84. The van der Waals surface area contributed by atoms with Crippen molar-refractivity contribution in [1.29, 1.82) is 0 Å². The Labute approximate surface area is 185 Å². The minimum atomic E-state index is 0.219. The van der Waals surface area contributed by atoms with Crippen LogP contribution in [0.2, 0.25) is 0 Å². The van der Waals surface area contributed by atoms with E-state index in [2.05, 4.69) is 126 Å². The van der Waals surface area contributed by atoms with Gasteiger partial charge in [-0.05, 0) is 49.1 Å². The van der Waals surface area contributed by atoms with Crippen molar-refractivity contribution in [2.45, 2.75) is 30.2 Å². The van der Waals surface area contributed by atoms with Gasteiger partial charge in [0.25, 0.3) is 0 Å². The van der Waals surface area contributed by atoms with E-state index in [9.17, 15) is 0 Å². The smallest absolute Gasteiger partial charge is 0.0570 e. The third-order valence-electron chi connectivity index (χ3n) is 5.95. The molecule has 4 aromatic rings. The molecule has 5 rings (SSSR count). The van der Waals surface area contributed by atoms with Gasteiger partial charge in [0.1, 0.15) is 0 Å². The third kappa shape index (κ3) is 3.24. The number of fused-ring (bicyclic) bond motifs is 3. The number of hydrogen-bond donors (Lipinski definition) is 0. The second kappa shape index (κ2) is 7.17. The summed E-state index contributed by atoms with van der Waals surface area (Å²) in [5.74, 6) is 0. The summed E-state index contributed by atoms with van der Waals surface area (Å²) in [5.41, 5.74) is 7.88. The first-order valence-electron chi connectivity index (χ1n) is 10.3. The van der Waals surface area contributed by atoms with Gasteiger partial charge in [0, 0.05) is 31.8 Å². The van der Waals surface area contributed by atoms with Crippen LogP contribution in [0.4, 0.5) is 0 Å². The Hall–Kier alpha value is -2.33. The van der Waals surface area contributed by atoms with Gasteiger partial charge in [-0.25, -0.2) is 0 Å². The number of para-hydroxylation sites is 1. The summed E-state index contributed by atoms with van der Waals surface area (Å²) < 4.78 is 2.69. The van der Waals surface area contributed by atoms with Gasteiger partial charge in [-0.2, -0.15) is 0 Å². The van der Waals surface area contributed by atoms with Crippen molar-refractivity contribution in [3.05, 3.63) is 90.5 Å². The summed E-state index contributed by atoms with van der Waals surface area (Å²) in [4.78, 5) is 0. The number of allylic oxidation sites excluding steroid dienone is 4. The molecule has 0 aliphatic heterocycles. The second-order valence-corrected chi connectivity index (χ2v) is 10.5. The van der Waals surface area contributed by atoms with E-state index in [1.807, 2.05) is 0 Å². The number of aromatic nitrogens is 1. The van der Waals surface area contributed by atoms with E-state index in [1.54, 1.807) is 0 Å². The molecule has 1 atom stereocenters. The van der Waals surface area contributed by atoms with Crippen molar-refractivity contribution < 1.29 is 0 Å². The predicted octanol–water partition coefficient (Wildman–Crippen LogP) is 8.02. The average Bonchev–Trinajstić information content (AvgIpc) is 3.07. The zero-order valence-electron chi connectivity index (χ0n) is 16.8. The average molecular weight is 489 g/mol. The van der Waals surface area contributed by atoms with Crippen molar-refractivity contribution in [3.63, 3.8) is 0 Å². The summed E-state index contributed by atoms with van der Waals surface area (Å²) in [6, 6.07) is 24.3. The topological polar surface area (TPSA) is 4.93 Å². The molecule has 1 unspecified atom stereocenters. The molecule has 0 amide bonds. The number of rotatable bonds is 3. The lowest BCUT2D eigenvalue weighted by Crippen LogP contribution is -2.12. The Bertz CT molecular complexity index is 1270. The van der Waals surface area contributed by atoms with Gasteiger partial charge in [-0.15, -0.1) is 0 Å². The number of aryl methyl sites for hydroxylation is 1. The second-order valence-electron chi connectivity index (χ2n) is 8.02. The monoisotopic (exact) mass is 489 g/mol. The van der Waals surface area contributed by atoms with Crippen LogP contribution in [0.5, 0.6) is 0 Å². The van der Waals surface area contributed by atoms with Crippen molar-refractivity contribution in [3.8, 4) is 11.1 Å². The van der Waals surface area contributed by atoms with Crippen LogP contribution in [0, 0.1) is 0 Å². The first-order valence-corrected chi connectivity index (χ1v) is 11.3. The van der Waals surface area contributed by atoms with Crippen LogP contribution >= 0.6 is 22.6 Å². The Balaban J connectivity index is 1.76. The molecular weight excluding hydrogens is 465 g/mol. The zero-order valence-corrected chi connectivity index (χ0v) is 19.0. The normalized spacial score (nSPS) is 19.1. The van der Waals surface area contributed by atoms with Crippen LogP contribution in [-0.4, -0.2) is 7.99 Å². The maximum atomic E-state index is 2.54. The van der Waals surface area contributed by atoms with Crippen LogP contribution in [-0.2, 0) is 6.54 Å². The Morgan fingerprint density at radius 2 is 1.76 bits per heavy atom. The van der Waals surface area contributed by atoms with E-state index in [0.717, 1.165) is 13.0 Å². The summed E-state index contributed by atoms with van der Waals surface area (Å²) in [5, 5.41) is 2.68. The molecule has 0 saturated heterocycles. The van der Waals surface area contributed by atoms with E-state index >= 15 is 0 Å². The van der Waals surface area contributed by atoms with Crippen molar-refractivity contribution in [2.24, 2.45) is 0 Å². The largest absolute Gasteiger partial charge is 0.340 e. The maximum absolute atomic E-state index is 2.54.